The first-order chi connectivity index (χ1) is 13.3. The fraction of sp³-hybridized carbons (Fsp3) is 0.316. The third-order valence-corrected chi connectivity index (χ3v) is 6.53. The van der Waals surface area contributed by atoms with Crippen molar-refractivity contribution in [2.75, 3.05) is 32.6 Å². The predicted octanol–water partition coefficient (Wildman–Crippen LogP) is 3.64. The van der Waals surface area contributed by atoms with E-state index in [-0.39, 0.29) is 16.2 Å². The van der Waals surface area contributed by atoms with Crippen molar-refractivity contribution in [3.8, 4) is 11.5 Å². The lowest BCUT2D eigenvalue weighted by Crippen LogP contribution is -2.31. The van der Waals surface area contributed by atoms with Gasteiger partial charge in [-0.05, 0) is 36.4 Å². The van der Waals surface area contributed by atoms with Gasteiger partial charge in [-0.25, -0.2) is 8.42 Å². The summed E-state index contributed by atoms with van der Waals surface area (Å²) in [5.74, 6) is 0.188. The van der Waals surface area contributed by atoms with Gasteiger partial charge in [-0.1, -0.05) is 25.4 Å². The van der Waals surface area contributed by atoms with Crippen molar-refractivity contribution in [3.05, 3.63) is 47.0 Å². The Balaban J connectivity index is 2.39. The van der Waals surface area contributed by atoms with Gasteiger partial charge in [0.05, 0.1) is 19.2 Å². The van der Waals surface area contributed by atoms with Crippen molar-refractivity contribution < 1.29 is 22.7 Å². The number of nitrogens with one attached hydrogen (secondary N) is 1. The molecule has 0 spiro atoms. The molecule has 152 valence electrons. The zero-order chi connectivity index (χ0) is 20.9. The van der Waals surface area contributed by atoms with E-state index in [4.69, 9.17) is 21.1 Å². The molecule has 2 rings (SSSR count). The Hall–Kier alpha value is -2.29. The maximum Gasteiger partial charge on any atom is 0.255 e. The van der Waals surface area contributed by atoms with Crippen LogP contribution in [0.25, 0.3) is 0 Å². The average Bonchev–Trinajstić information content (AvgIpc) is 2.68. The minimum Gasteiger partial charge on any atom is -0.495 e. The van der Waals surface area contributed by atoms with Crippen LogP contribution in [0, 0.1) is 0 Å². The molecule has 28 heavy (non-hydrogen) atoms. The standard InChI is InChI=1S/C19H23ClN2O5S/c1-5-22(6-2)28(24,25)18-11-13(7-9-17(18)27-4)19(23)21-14-8-10-16(26-3)15(20)12-14/h7-12H,5-6H2,1-4H3,(H,21,23). The highest BCUT2D eigenvalue weighted by Crippen LogP contribution is 2.30. The van der Waals surface area contributed by atoms with Gasteiger partial charge in [0.1, 0.15) is 16.4 Å². The number of methoxy groups -OCH3 is 2. The fourth-order valence-electron chi connectivity index (χ4n) is 2.67. The third kappa shape index (κ3) is 4.57. The van der Waals surface area contributed by atoms with Crippen molar-refractivity contribution in [1.29, 1.82) is 0 Å². The van der Waals surface area contributed by atoms with Crippen LogP contribution in [0.4, 0.5) is 5.69 Å². The van der Waals surface area contributed by atoms with Crippen LogP contribution in [-0.2, 0) is 10.0 Å². The van der Waals surface area contributed by atoms with Gasteiger partial charge in [-0.2, -0.15) is 4.31 Å². The summed E-state index contributed by atoms with van der Waals surface area (Å²) >= 11 is 6.07. The molecule has 0 heterocycles. The molecule has 0 fully saturated rings. The molecule has 9 heteroatoms. The number of nitrogens with zero attached hydrogens (tertiary/aromatic N) is 1. The predicted molar refractivity (Wildman–Crippen MR) is 109 cm³/mol. The molecule has 0 atom stereocenters. The number of rotatable bonds is 8. The van der Waals surface area contributed by atoms with Gasteiger partial charge in [-0.3, -0.25) is 4.79 Å². The van der Waals surface area contributed by atoms with E-state index in [1.54, 1.807) is 32.0 Å². The van der Waals surface area contributed by atoms with Gasteiger partial charge in [0.25, 0.3) is 5.91 Å². The first-order valence-electron chi connectivity index (χ1n) is 8.61. The Labute approximate surface area is 170 Å². The van der Waals surface area contributed by atoms with Crippen LogP contribution < -0.4 is 14.8 Å². The summed E-state index contributed by atoms with van der Waals surface area (Å²) in [5, 5.41) is 3.04. The van der Waals surface area contributed by atoms with Crippen molar-refractivity contribution in [2.24, 2.45) is 0 Å². The lowest BCUT2D eigenvalue weighted by atomic mass is 10.2. The average molecular weight is 427 g/mol. The van der Waals surface area contributed by atoms with Crippen LogP contribution in [0.2, 0.25) is 5.02 Å². The van der Waals surface area contributed by atoms with Gasteiger partial charge < -0.3 is 14.8 Å². The highest BCUT2D eigenvalue weighted by atomic mass is 35.5. The number of carbonyl (C=O) groups excluding carboxylic acids is 1. The Morgan fingerprint density at radius 3 is 2.18 bits per heavy atom. The molecule has 1 amide bonds. The summed E-state index contributed by atoms with van der Waals surface area (Å²) in [6.45, 7) is 4.11. The Morgan fingerprint density at radius 2 is 1.64 bits per heavy atom. The number of ether oxygens (including phenoxy) is 2. The molecule has 0 saturated heterocycles. The van der Waals surface area contributed by atoms with Crippen molar-refractivity contribution in [1.82, 2.24) is 4.31 Å². The SMILES string of the molecule is CCN(CC)S(=O)(=O)c1cc(C(=O)Nc2ccc(OC)c(Cl)c2)ccc1OC. The summed E-state index contributed by atoms with van der Waals surface area (Å²) in [5.41, 5.74) is 0.637. The number of anilines is 1. The van der Waals surface area contributed by atoms with E-state index in [9.17, 15) is 13.2 Å². The van der Waals surface area contributed by atoms with Crippen LogP contribution in [0.5, 0.6) is 11.5 Å². The van der Waals surface area contributed by atoms with E-state index in [2.05, 4.69) is 5.32 Å². The lowest BCUT2D eigenvalue weighted by Gasteiger charge is -2.20. The van der Waals surface area contributed by atoms with Crippen LogP contribution >= 0.6 is 11.6 Å². The molecule has 0 radical (unpaired) electrons. The van der Waals surface area contributed by atoms with Gasteiger partial charge in [0.15, 0.2) is 0 Å². The Kier molecular flexibility index (Phi) is 7.29. The van der Waals surface area contributed by atoms with E-state index in [0.29, 0.717) is 29.5 Å². The largest absolute Gasteiger partial charge is 0.495 e. The van der Waals surface area contributed by atoms with Gasteiger partial charge >= 0.3 is 0 Å². The zero-order valence-corrected chi connectivity index (χ0v) is 17.7. The quantitative estimate of drug-likeness (QED) is 0.696. The molecule has 0 aliphatic heterocycles. The van der Waals surface area contributed by atoms with E-state index in [0.717, 1.165) is 0 Å². The van der Waals surface area contributed by atoms with Gasteiger partial charge in [0, 0.05) is 24.3 Å². The number of amides is 1. The molecular weight excluding hydrogens is 404 g/mol. The second-order valence-corrected chi connectivity index (χ2v) is 8.07. The van der Waals surface area contributed by atoms with E-state index in [1.165, 1.54) is 36.7 Å². The summed E-state index contributed by atoms with van der Waals surface area (Å²) in [6, 6.07) is 9.09. The van der Waals surface area contributed by atoms with E-state index >= 15 is 0 Å². The Bertz CT molecular complexity index is 959. The topological polar surface area (TPSA) is 84.9 Å². The first kappa shape index (κ1) is 22.0. The molecule has 2 aromatic carbocycles. The summed E-state index contributed by atoms with van der Waals surface area (Å²) < 4.78 is 37.4. The number of hydrogen-bond donors (Lipinski definition) is 1. The second kappa shape index (κ2) is 9.27. The second-order valence-electron chi connectivity index (χ2n) is 5.76. The molecule has 0 bridgehead atoms. The molecule has 0 aliphatic carbocycles. The molecule has 7 nitrogen and oxygen atoms in total. The number of carbonyl (C=O) groups is 1. The third-order valence-electron chi connectivity index (χ3n) is 4.16. The smallest absolute Gasteiger partial charge is 0.255 e. The minimum absolute atomic E-state index is 0.0564. The number of benzene rings is 2. The summed E-state index contributed by atoms with van der Waals surface area (Å²) in [4.78, 5) is 12.6. The van der Waals surface area contributed by atoms with Crippen molar-refractivity contribution >= 4 is 33.2 Å². The lowest BCUT2D eigenvalue weighted by molar-refractivity contribution is 0.102. The van der Waals surface area contributed by atoms with E-state index in [1.807, 2.05) is 0 Å². The van der Waals surface area contributed by atoms with Crippen LogP contribution in [-0.4, -0.2) is 45.9 Å². The van der Waals surface area contributed by atoms with Crippen LogP contribution in [0.3, 0.4) is 0 Å². The molecule has 0 unspecified atom stereocenters. The maximum absolute atomic E-state index is 12.9. The summed E-state index contributed by atoms with van der Waals surface area (Å²) in [6.07, 6.45) is 0. The highest BCUT2D eigenvalue weighted by molar-refractivity contribution is 7.89. The number of sulfonamides is 1. The number of hydrogen-bond acceptors (Lipinski definition) is 5. The monoisotopic (exact) mass is 426 g/mol. The van der Waals surface area contributed by atoms with Gasteiger partial charge in [-0.15, -0.1) is 0 Å². The van der Waals surface area contributed by atoms with Crippen LogP contribution in [0.15, 0.2) is 41.3 Å². The fourth-order valence-corrected chi connectivity index (χ4v) is 4.57. The molecular formula is C19H23ClN2O5S. The zero-order valence-electron chi connectivity index (χ0n) is 16.2. The molecule has 0 aliphatic rings. The first-order valence-corrected chi connectivity index (χ1v) is 10.4. The number of halogens is 1. The Morgan fingerprint density at radius 1 is 1.04 bits per heavy atom. The van der Waals surface area contributed by atoms with Crippen LogP contribution in [0.1, 0.15) is 24.2 Å². The molecule has 1 N–H and O–H groups in total. The minimum atomic E-state index is -3.80. The van der Waals surface area contributed by atoms with Crippen molar-refractivity contribution in [3.63, 3.8) is 0 Å². The molecule has 0 aromatic heterocycles. The van der Waals surface area contributed by atoms with Crippen molar-refractivity contribution in [2.45, 2.75) is 18.7 Å². The van der Waals surface area contributed by atoms with Gasteiger partial charge in [0.2, 0.25) is 10.0 Å². The maximum atomic E-state index is 12.9. The molecule has 0 saturated carbocycles. The normalized spacial score (nSPS) is 11.4. The van der Waals surface area contributed by atoms with E-state index < -0.39 is 15.9 Å². The molecule has 2 aromatic rings. The highest BCUT2D eigenvalue weighted by Gasteiger charge is 2.26. The summed E-state index contributed by atoms with van der Waals surface area (Å²) in [7, 11) is -0.919.